The summed E-state index contributed by atoms with van der Waals surface area (Å²) in [5.41, 5.74) is 8.42. The van der Waals surface area contributed by atoms with Crippen LogP contribution in [0, 0.1) is 0 Å². The first-order valence-electron chi connectivity index (χ1n) is 15.7. The van der Waals surface area contributed by atoms with E-state index >= 15 is 0 Å². The molecule has 0 atom stereocenters. The van der Waals surface area contributed by atoms with Crippen LogP contribution in [0.5, 0.6) is 0 Å². The van der Waals surface area contributed by atoms with Gasteiger partial charge in [-0.15, -0.1) is 11.3 Å². The van der Waals surface area contributed by atoms with Gasteiger partial charge >= 0.3 is 0 Å². The molecule has 0 unspecified atom stereocenters. The minimum atomic E-state index is 1.13. The van der Waals surface area contributed by atoms with Gasteiger partial charge in [0, 0.05) is 31.5 Å². The van der Waals surface area contributed by atoms with Crippen LogP contribution in [0.15, 0.2) is 176 Å². The average molecular weight is 604 g/mol. The zero-order chi connectivity index (χ0) is 30.5. The van der Waals surface area contributed by atoms with Gasteiger partial charge in [0.25, 0.3) is 0 Å². The van der Waals surface area contributed by atoms with Crippen LogP contribution in [-0.4, -0.2) is 0 Å². The molecule has 1 nitrogen and oxygen atoms in total. The Labute approximate surface area is 272 Å². The van der Waals surface area contributed by atoms with E-state index in [0.717, 1.165) is 11.4 Å². The number of benzene rings is 8. The molecule has 216 valence electrons. The fourth-order valence-electron chi connectivity index (χ4n) is 6.90. The molecule has 0 aliphatic rings. The number of hydrogen-bond donors (Lipinski definition) is 0. The van der Waals surface area contributed by atoms with Crippen molar-refractivity contribution in [2.24, 2.45) is 0 Å². The summed E-state index contributed by atoms with van der Waals surface area (Å²) in [7, 11) is 0. The molecule has 0 bridgehead atoms. The Morgan fingerprint density at radius 2 is 0.978 bits per heavy atom. The SMILES string of the molecule is c1ccc(N(c2ccc(-c3ccc4ccccc4c3)cc2)c2cccc3sc4cccc(-c5cccc6ccccc56)c4c23)cc1. The smallest absolute Gasteiger partial charge is 0.0555 e. The lowest BCUT2D eigenvalue weighted by Gasteiger charge is -2.27. The first-order valence-corrected chi connectivity index (χ1v) is 16.5. The minimum Gasteiger partial charge on any atom is -0.310 e. The third kappa shape index (κ3) is 4.46. The van der Waals surface area contributed by atoms with Crippen molar-refractivity contribution in [1.82, 2.24) is 0 Å². The van der Waals surface area contributed by atoms with Gasteiger partial charge in [0.2, 0.25) is 0 Å². The van der Waals surface area contributed by atoms with Crippen molar-refractivity contribution in [2.45, 2.75) is 0 Å². The van der Waals surface area contributed by atoms with Crippen LogP contribution in [0.3, 0.4) is 0 Å². The Bertz CT molecular complexity index is 2520. The number of anilines is 3. The van der Waals surface area contributed by atoms with Gasteiger partial charge in [-0.05, 0) is 92.3 Å². The van der Waals surface area contributed by atoms with Gasteiger partial charge in [-0.3, -0.25) is 0 Å². The first kappa shape index (κ1) is 26.7. The van der Waals surface area contributed by atoms with Gasteiger partial charge in [-0.1, -0.05) is 127 Å². The molecule has 0 N–H and O–H groups in total. The predicted octanol–water partition coefficient (Wildman–Crippen LogP) is 13.2. The van der Waals surface area contributed by atoms with Crippen LogP contribution in [0.1, 0.15) is 0 Å². The van der Waals surface area contributed by atoms with Crippen molar-refractivity contribution in [3.05, 3.63) is 176 Å². The summed E-state index contributed by atoms with van der Waals surface area (Å²) in [4.78, 5) is 2.42. The third-order valence-corrected chi connectivity index (χ3v) is 10.2. The predicted molar refractivity (Wildman–Crippen MR) is 200 cm³/mol. The highest BCUT2D eigenvalue weighted by atomic mass is 32.1. The largest absolute Gasteiger partial charge is 0.310 e. The van der Waals surface area contributed by atoms with Crippen LogP contribution in [0.4, 0.5) is 17.1 Å². The molecule has 1 heterocycles. The molecule has 9 aromatic rings. The Kier molecular flexibility index (Phi) is 6.40. The van der Waals surface area contributed by atoms with Crippen LogP contribution >= 0.6 is 11.3 Å². The number of fused-ring (bicyclic) bond motifs is 5. The summed E-state index contributed by atoms with van der Waals surface area (Å²) < 4.78 is 2.58. The maximum Gasteiger partial charge on any atom is 0.0555 e. The fourth-order valence-corrected chi connectivity index (χ4v) is 8.05. The number of hydrogen-bond acceptors (Lipinski definition) is 2. The molecule has 46 heavy (non-hydrogen) atoms. The molecule has 0 aliphatic heterocycles. The lowest BCUT2D eigenvalue weighted by Crippen LogP contribution is -2.10. The molecule has 8 aromatic carbocycles. The van der Waals surface area contributed by atoms with E-state index in [4.69, 9.17) is 0 Å². The van der Waals surface area contributed by atoms with E-state index < -0.39 is 0 Å². The van der Waals surface area contributed by atoms with E-state index in [9.17, 15) is 0 Å². The molecule has 9 rings (SSSR count). The molecule has 0 aliphatic carbocycles. The normalized spacial score (nSPS) is 11.5. The van der Waals surface area contributed by atoms with Crippen molar-refractivity contribution in [3.8, 4) is 22.3 Å². The third-order valence-electron chi connectivity index (χ3n) is 9.04. The molecule has 1 aromatic heterocycles. The quantitative estimate of drug-likeness (QED) is 0.189. The highest BCUT2D eigenvalue weighted by molar-refractivity contribution is 7.26. The maximum absolute atomic E-state index is 2.42. The summed E-state index contributed by atoms with van der Waals surface area (Å²) in [6, 6.07) is 63.9. The van der Waals surface area contributed by atoms with E-state index in [1.54, 1.807) is 0 Å². The molecule has 2 heteroatoms. The Morgan fingerprint density at radius 1 is 0.370 bits per heavy atom. The van der Waals surface area contributed by atoms with Gasteiger partial charge < -0.3 is 4.90 Å². The lowest BCUT2D eigenvalue weighted by atomic mass is 9.94. The van der Waals surface area contributed by atoms with Crippen molar-refractivity contribution < 1.29 is 0 Å². The van der Waals surface area contributed by atoms with Gasteiger partial charge in [0.1, 0.15) is 0 Å². The molecular weight excluding hydrogens is 575 g/mol. The van der Waals surface area contributed by atoms with E-state index in [2.05, 4.69) is 181 Å². The van der Waals surface area contributed by atoms with Gasteiger partial charge in [0.05, 0.1) is 5.69 Å². The van der Waals surface area contributed by atoms with Crippen LogP contribution in [0.25, 0.3) is 64.0 Å². The summed E-state index contributed by atoms with van der Waals surface area (Å²) in [5.74, 6) is 0. The monoisotopic (exact) mass is 603 g/mol. The first-order chi connectivity index (χ1) is 22.8. The number of rotatable bonds is 5. The fraction of sp³-hybridized carbons (Fsp3) is 0. The Morgan fingerprint density at radius 3 is 1.83 bits per heavy atom. The lowest BCUT2D eigenvalue weighted by molar-refractivity contribution is 1.30. The zero-order valence-electron chi connectivity index (χ0n) is 25.1. The summed E-state index contributed by atoms with van der Waals surface area (Å²) in [5, 5.41) is 7.65. The topological polar surface area (TPSA) is 3.24 Å². The van der Waals surface area contributed by atoms with Gasteiger partial charge in [-0.2, -0.15) is 0 Å². The second kappa shape index (κ2) is 11.0. The molecule has 0 radical (unpaired) electrons. The van der Waals surface area contributed by atoms with E-state index in [1.807, 2.05) is 11.3 Å². The van der Waals surface area contributed by atoms with Crippen molar-refractivity contribution in [2.75, 3.05) is 4.90 Å². The second-order valence-electron chi connectivity index (χ2n) is 11.7. The standard InChI is InChI=1S/C44H29NS/c1-2-15-35(16-3-1)45(36-27-25-31(26-28-36)34-24-23-30-11-4-5-13-33(30)29-34)40-20-10-22-42-44(40)43-39(19-9-21-41(43)46-42)38-18-8-14-32-12-6-7-17-37(32)38/h1-29H. The summed E-state index contributed by atoms with van der Waals surface area (Å²) in [6.07, 6.45) is 0. The second-order valence-corrected chi connectivity index (χ2v) is 12.8. The van der Waals surface area contributed by atoms with E-state index in [0.29, 0.717) is 0 Å². The van der Waals surface area contributed by atoms with E-state index in [-0.39, 0.29) is 0 Å². The van der Waals surface area contributed by atoms with Crippen LogP contribution in [0.2, 0.25) is 0 Å². The summed E-state index contributed by atoms with van der Waals surface area (Å²) >= 11 is 1.87. The maximum atomic E-state index is 2.42. The van der Waals surface area contributed by atoms with Crippen LogP contribution < -0.4 is 4.90 Å². The molecule has 0 spiro atoms. The van der Waals surface area contributed by atoms with Crippen LogP contribution in [-0.2, 0) is 0 Å². The molecule has 0 fully saturated rings. The number of para-hydroxylation sites is 1. The molecule has 0 saturated heterocycles. The van der Waals surface area contributed by atoms with Gasteiger partial charge in [-0.25, -0.2) is 0 Å². The average Bonchev–Trinajstić information content (AvgIpc) is 3.52. The Balaban J connectivity index is 1.25. The van der Waals surface area contributed by atoms with Crippen molar-refractivity contribution in [1.29, 1.82) is 0 Å². The van der Waals surface area contributed by atoms with E-state index in [1.165, 1.54) is 69.7 Å². The van der Waals surface area contributed by atoms with Crippen molar-refractivity contribution in [3.63, 3.8) is 0 Å². The molecular formula is C44H29NS. The molecule has 0 saturated carbocycles. The van der Waals surface area contributed by atoms with Gasteiger partial charge in [0.15, 0.2) is 0 Å². The summed E-state index contributed by atoms with van der Waals surface area (Å²) in [6.45, 7) is 0. The Hall–Kier alpha value is -5.70. The van der Waals surface area contributed by atoms with Crippen molar-refractivity contribution >= 4 is 70.1 Å². The highest BCUT2D eigenvalue weighted by Gasteiger charge is 2.20. The molecule has 0 amide bonds. The number of thiophene rings is 1. The number of nitrogens with zero attached hydrogens (tertiary/aromatic N) is 1. The highest BCUT2D eigenvalue weighted by Crippen LogP contribution is 2.48. The minimum absolute atomic E-state index is 1.13. The zero-order valence-corrected chi connectivity index (χ0v) is 25.9.